The molecule has 2 heterocycles. The smallest absolute Gasteiger partial charge is 0.459 e. The van der Waals surface area contributed by atoms with Gasteiger partial charge in [0.1, 0.15) is 24.0 Å². The number of aromatic amines is 1. The van der Waals surface area contributed by atoms with Crippen LogP contribution >= 0.6 is 23.7 Å². The Morgan fingerprint density at radius 1 is 1.28 bits per heavy atom. The molecular weight excluding hydrogens is 561 g/mol. The molecule has 6 atom stereocenters. The topological polar surface area (TPSA) is 158 Å². The second kappa shape index (κ2) is 11.4. The first-order valence-electron chi connectivity index (χ1n) is 11.1. The SMILES string of the molecule is CC(C)OC(=O)[C@@H](C)NP(=O)(OC[C@H]1O[C@@H](n2ccc(=O)[nH]c2=O)[C@](C)(Br)[C@@H]1O)Oc1ccccc1. The minimum atomic E-state index is -4.20. The lowest BCUT2D eigenvalue weighted by atomic mass is 10.0. The molecular formula is C22H29BrN3O9P. The van der Waals surface area contributed by atoms with E-state index in [1.54, 1.807) is 51.1 Å². The van der Waals surface area contributed by atoms with Gasteiger partial charge in [0.15, 0.2) is 6.23 Å². The highest BCUT2D eigenvalue weighted by atomic mass is 79.9. The van der Waals surface area contributed by atoms with Gasteiger partial charge in [-0.2, -0.15) is 5.09 Å². The normalized spacial score (nSPS) is 26.4. The fraction of sp³-hybridized carbons (Fsp3) is 0.500. The Labute approximate surface area is 215 Å². The Morgan fingerprint density at radius 2 is 1.94 bits per heavy atom. The first kappa shape index (κ1) is 28.3. The third kappa shape index (κ3) is 6.72. The zero-order valence-electron chi connectivity index (χ0n) is 20.1. The van der Waals surface area contributed by atoms with E-state index >= 15 is 0 Å². The van der Waals surface area contributed by atoms with Crippen molar-refractivity contribution in [2.45, 2.75) is 62.6 Å². The number of esters is 1. The number of rotatable bonds is 10. The first-order valence-corrected chi connectivity index (χ1v) is 13.5. The quantitative estimate of drug-likeness (QED) is 0.213. The zero-order valence-corrected chi connectivity index (χ0v) is 22.6. The molecule has 1 saturated heterocycles. The minimum absolute atomic E-state index is 0.216. The lowest BCUT2D eigenvalue weighted by Crippen LogP contribution is -2.42. The summed E-state index contributed by atoms with van der Waals surface area (Å²) in [4.78, 5) is 38.1. The summed E-state index contributed by atoms with van der Waals surface area (Å²) in [6.45, 7) is 5.98. The number of halogens is 1. The number of hydrogen-bond acceptors (Lipinski definition) is 9. The van der Waals surface area contributed by atoms with Crippen LogP contribution in [0.25, 0.3) is 0 Å². The van der Waals surface area contributed by atoms with E-state index in [0.717, 1.165) is 10.6 Å². The van der Waals surface area contributed by atoms with Crippen LogP contribution in [0.15, 0.2) is 52.2 Å². The van der Waals surface area contributed by atoms with Gasteiger partial charge >= 0.3 is 19.4 Å². The number of nitrogens with one attached hydrogen (secondary N) is 2. The fourth-order valence-electron chi connectivity index (χ4n) is 3.47. The summed E-state index contributed by atoms with van der Waals surface area (Å²) >= 11 is 3.40. The fourth-order valence-corrected chi connectivity index (χ4v) is 5.59. The Hall–Kier alpha value is -2.28. The zero-order chi connectivity index (χ0) is 26.7. The van der Waals surface area contributed by atoms with Crippen molar-refractivity contribution < 1.29 is 33.0 Å². The second-order valence-electron chi connectivity index (χ2n) is 8.67. The molecule has 36 heavy (non-hydrogen) atoms. The highest BCUT2D eigenvalue weighted by molar-refractivity contribution is 9.10. The number of nitrogens with zero attached hydrogens (tertiary/aromatic N) is 1. The maximum atomic E-state index is 13.6. The van der Waals surface area contributed by atoms with Gasteiger partial charge in [0.2, 0.25) is 0 Å². The van der Waals surface area contributed by atoms with Crippen molar-refractivity contribution in [2.24, 2.45) is 0 Å². The van der Waals surface area contributed by atoms with Crippen molar-refractivity contribution in [1.29, 1.82) is 0 Å². The summed E-state index contributed by atoms with van der Waals surface area (Å²) < 4.78 is 35.8. The van der Waals surface area contributed by atoms with Crippen molar-refractivity contribution in [1.82, 2.24) is 14.6 Å². The van der Waals surface area contributed by atoms with Gasteiger partial charge in [0.25, 0.3) is 5.56 Å². The van der Waals surface area contributed by atoms with Gasteiger partial charge in [-0.05, 0) is 39.8 Å². The van der Waals surface area contributed by atoms with Gasteiger partial charge in [-0.1, -0.05) is 34.1 Å². The molecule has 198 valence electrons. The van der Waals surface area contributed by atoms with E-state index in [2.05, 4.69) is 26.0 Å². The number of benzene rings is 1. The van der Waals surface area contributed by atoms with Gasteiger partial charge in [-0.25, -0.2) is 9.36 Å². The number of carbonyl (C=O) groups excluding carboxylic acids is 1. The van der Waals surface area contributed by atoms with E-state index in [4.69, 9.17) is 18.5 Å². The van der Waals surface area contributed by atoms with Crippen molar-refractivity contribution >= 4 is 29.6 Å². The number of para-hydroxylation sites is 1. The van der Waals surface area contributed by atoms with Crippen LogP contribution in [-0.4, -0.2) is 55.9 Å². The standard InChI is InChI=1S/C22H29BrN3O9P/c1-13(2)33-19(29)14(3)25-36(31,35-15-8-6-5-7-9-15)32-12-16-18(28)22(4,23)20(34-16)26-11-10-17(27)24-21(26)30/h5-11,13-14,16,18,20,28H,12H2,1-4H3,(H,25,31)(H,24,27,30)/t14-,16-,18-,20-,22-,36?/m1/s1. The minimum Gasteiger partial charge on any atom is -0.462 e. The molecule has 1 aliphatic rings. The Bertz CT molecular complexity index is 1220. The van der Waals surface area contributed by atoms with E-state index < -0.39 is 60.4 Å². The number of aromatic nitrogens is 2. The maximum absolute atomic E-state index is 13.6. The van der Waals surface area contributed by atoms with Gasteiger partial charge in [0.05, 0.1) is 17.0 Å². The molecule has 14 heteroatoms. The second-order valence-corrected chi connectivity index (χ2v) is 12.1. The summed E-state index contributed by atoms with van der Waals surface area (Å²) in [5, 5.41) is 13.4. The molecule has 12 nitrogen and oxygen atoms in total. The first-order chi connectivity index (χ1) is 16.8. The Morgan fingerprint density at radius 3 is 2.56 bits per heavy atom. The number of aliphatic hydroxyl groups is 1. The van der Waals surface area contributed by atoms with Crippen LogP contribution in [0.4, 0.5) is 0 Å². The van der Waals surface area contributed by atoms with Crippen molar-refractivity contribution in [3.8, 4) is 5.75 Å². The number of aliphatic hydroxyl groups excluding tert-OH is 1. The van der Waals surface area contributed by atoms with Gasteiger partial charge in [0, 0.05) is 12.3 Å². The molecule has 0 spiro atoms. The third-order valence-corrected chi connectivity index (χ3v) is 7.76. The molecule has 0 bridgehead atoms. The largest absolute Gasteiger partial charge is 0.462 e. The molecule has 1 aliphatic heterocycles. The molecule has 0 saturated carbocycles. The summed E-state index contributed by atoms with van der Waals surface area (Å²) in [5.41, 5.74) is -1.31. The van der Waals surface area contributed by atoms with Crippen LogP contribution < -0.4 is 20.9 Å². The molecule has 2 aromatic rings. The van der Waals surface area contributed by atoms with Gasteiger partial charge in [-0.3, -0.25) is 23.7 Å². The molecule has 0 aliphatic carbocycles. The predicted octanol–water partition coefficient (Wildman–Crippen LogP) is 2.08. The lowest BCUT2D eigenvalue weighted by Gasteiger charge is -2.27. The lowest BCUT2D eigenvalue weighted by molar-refractivity contribution is -0.149. The van der Waals surface area contributed by atoms with E-state index in [9.17, 15) is 24.1 Å². The number of carbonyl (C=O) groups is 1. The van der Waals surface area contributed by atoms with Crippen LogP contribution in [0.5, 0.6) is 5.75 Å². The molecule has 3 N–H and O–H groups in total. The number of hydrogen-bond donors (Lipinski definition) is 3. The van der Waals surface area contributed by atoms with E-state index in [1.165, 1.54) is 13.1 Å². The Kier molecular flexibility index (Phi) is 8.97. The van der Waals surface area contributed by atoms with Crippen molar-refractivity contribution in [3.63, 3.8) is 0 Å². The molecule has 1 unspecified atom stereocenters. The van der Waals surface area contributed by atoms with Crippen LogP contribution in [0, 0.1) is 0 Å². The number of alkyl halides is 1. The number of H-pyrrole nitrogens is 1. The molecule has 1 aromatic heterocycles. The van der Waals surface area contributed by atoms with Crippen molar-refractivity contribution in [2.75, 3.05) is 6.61 Å². The van der Waals surface area contributed by atoms with Crippen LogP contribution in [0.1, 0.15) is 33.9 Å². The molecule has 0 radical (unpaired) electrons. The molecule has 1 fully saturated rings. The Balaban J connectivity index is 1.80. The van der Waals surface area contributed by atoms with Gasteiger partial charge < -0.3 is 19.1 Å². The predicted molar refractivity (Wildman–Crippen MR) is 133 cm³/mol. The van der Waals surface area contributed by atoms with Crippen LogP contribution in [0.3, 0.4) is 0 Å². The summed E-state index contributed by atoms with van der Waals surface area (Å²) in [7, 11) is -4.20. The van der Waals surface area contributed by atoms with Crippen LogP contribution in [0.2, 0.25) is 0 Å². The maximum Gasteiger partial charge on any atom is 0.459 e. The van der Waals surface area contributed by atoms with Crippen molar-refractivity contribution in [3.05, 3.63) is 63.4 Å². The van der Waals surface area contributed by atoms with E-state index in [1.807, 2.05) is 0 Å². The third-order valence-electron chi connectivity index (χ3n) is 5.26. The highest BCUT2D eigenvalue weighted by Gasteiger charge is 2.53. The molecule has 3 rings (SSSR count). The number of ether oxygens (including phenoxy) is 2. The van der Waals surface area contributed by atoms with Crippen LogP contribution in [-0.2, 0) is 23.4 Å². The summed E-state index contributed by atoms with van der Waals surface area (Å²) in [5.74, 6) is -0.443. The highest BCUT2D eigenvalue weighted by Crippen LogP contribution is 2.48. The monoisotopic (exact) mass is 589 g/mol. The van der Waals surface area contributed by atoms with E-state index in [-0.39, 0.29) is 11.9 Å². The van der Waals surface area contributed by atoms with Gasteiger partial charge in [-0.15, -0.1) is 0 Å². The average Bonchev–Trinajstić information content (AvgIpc) is 3.01. The summed E-state index contributed by atoms with van der Waals surface area (Å²) in [6.07, 6.45) is -2.47. The average molecular weight is 590 g/mol. The molecule has 0 amide bonds. The summed E-state index contributed by atoms with van der Waals surface area (Å²) in [6, 6.07) is 8.30. The van der Waals surface area contributed by atoms with E-state index in [0.29, 0.717) is 0 Å². The molecule has 1 aromatic carbocycles.